The van der Waals surface area contributed by atoms with Gasteiger partial charge in [-0.3, -0.25) is 19.6 Å². The van der Waals surface area contributed by atoms with Crippen LogP contribution in [0.5, 0.6) is 11.6 Å². The van der Waals surface area contributed by atoms with Crippen LogP contribution in [0.1, 0.15) is 34.5 Å². The second-order valence-corrected chi connectivity index (χ2v) is 11.1. The van der Waals surface area contributed by atoms with Gasteiger partial charge in [-0.05, 0) is 30.7 Å². The smallest absolute Gasteiger partial charge is 0.274 e. The van der Waals surface area contributed by atoms with Crippen LogP contribution in [0.15, 0.2) is 54.9 Å². The van der Waals surface area contributed by atoms with E-state index in [9.17, 15) is 9.59 Å². The Kier molecular flexibility index (Phi) is 11.3. The zero-order chi connectivity index (χ0) is 33.3. The lowest BCUT2D eigenvalue weighted by molar-refractivity contribution is -0.119. The summed E-state index contributed by atoms with van der Waals surface area (Å²) in [5.41, 5.74) is 2.73. The average molecular weight is 664 g/mol. The molecule has 0 bridgehead atoms. The molecule has 4 heterocycles. The minimum Gasteiger partial charge on any atom is -0.496 e. The Bertz CT molecular complexity index is 1760. The molecule has 1 aliphatic heterocycles. The van der Waals surface area contributed by atoms with E-state index in [0.717, 1.165) is 12.0 Å². The molecule has 12 nitrogen and oxygen atoms in total. The molecule has 4 aromatic rings. The molecule has 47 heavy (non-hydrogen) atoms. The predicted molar refractivity (Wildman–Crippen MR) is 175 cm³/mol. The summed E-state index contributed by atoms with van der Waals surface area (Å²) in [5.74, 6) is -0.480. The van der Waals surface area contributed by atoms with Crippen LogP contribution in [0.25, 0.3) is 22.5 Å². The van der Waals surface area contributed by atoms with Crippen LogP contribution in [-0.2, 0) is 17.9 Å². The monoisotopic (exact) mass is 663 g/mol. The second kappa shape index (κ2) is 15.7. The van der Waals surface area contributed by atoms with E-state index in [1.807, 2.05) is 6.07 Å². The summed E-state index contributed by atoms with van der Waals surface area (Å²) < 4.78 is 26.8. The Balaban J connectivity index is 1.34. The van der Waals surface area contributed by atoms with Gasteiger partial charge in [0.1, 0.15) is 11.4 Å². The number of amides is 2. The third kappa shape index (κ3) is 8.00. The van der Waals surface area contributed by atoms with E-state index in [1.165, 1.54) is 44.8 Å². The van der Waals surface area contributed by atoms with Crippen molar-refractivity contribution in [2.75, 3.05) is 39.2 Å². The number of pyridine rings is 3. The van der Waals surface area contributed by atoms with Crippen molar-refractivity contribution in [3.63, 3.8) is 0 Å². The number of nitrogens with one attached hydrogen (secondary N) is 4. The van der Waals surface area contributed by atoms with E-state index in [-0.39, 0.29) is 46.2 Å². The minimum absolute atomic E-state index is 0.0205. The summed E-state index contributed by atoms with van der Waals surface area (Å²) in [6, 6.07) is 11.4. The molecule has 0 aliphatic carbocycles. The van der Waals surface area contributed by atoms with Gasteiger partial charge in [0.25, 0.3) is 5.91 Å². The highest BCUT2D eigenvalue weighted by molar-refractivity contribution is 6.35. The number of carbonyl (C=O) groups excluding carboxylic acids is 2. The van der Waals surface area contributed by atoms with E-state index in [4.69, 9.17) is 26.2 Å². The fourth-order valence-corrected chi connectivity index (χ4v) is 5.49. The summed E-state index contributed by atoms with van der Waals surface area (Å²) >= 11 is 6.81. The van der Waals surface area contributed by atoms with E-state index < -0.39 is 11.7 Å². The number of aliphatic hydroxyl groups excluding tert-OH is 1. The van der Waals surface area contributed by atoms with Crippen molar-refractivity contribution < 1.29 is 28.6 Å². The van der Waals surface area contributed by atoms with Crippen LogP contribution in [-0.4, -0.2) is 71.8 Å². The van der Waals surface area contributed by atoms with Crippen molar-refractivity contribution in [2.45, 2.75) is 32.0 Å². The largest absolute Gasteiger partial charge is 0.496 e. The molecule has 3 aromatic heterocycles. The van der Waals surface area contributed by atoms with Gasteiger partial charge in [0.15, 0.2) is 5.82 Å². The third-order valence-electron chi connectivity index (χ3n) is 7.59. The molecule has 1 aliphatic rings. The lowest BCUT2D eigenvalue weighted by atomic mass is 10.0. The van der Waals surface area contributed by atoms with Gasteiger partial charge in [0.2, 0.25) is 11.8 Å². The van der Waals surface area contributed by atoms with Gasteiger partial charge >= 0.3 is 0 Å². The first-order chi connectivity index (χ1) is 22.8. The number of carbonyl (C=O) groups is 2. The maximum atomic E-state index is 15.9. The summed E-state index contributed by atoms with van der Waals surface area (Å²) in [6.45, 7) is 1.86. The van der Waals surface area contributed by atoms with Gasteiger partial charge in [-0.2, -0.15) is 0 Å². The summed E-state index contributed by atoms with van der Waals surface area (Å²) in [5, 5.41) is 21.0. The third-order valence-corrected chi connectivity index (χ3v) is 7.97. The van der Waals surface area contributed by atoms with Crippen LogP contribution in [0.4, 0.5) is 10.1 Å². The molecule has 246 valence electrons. The van der Waals surface area contributed by atoms with Gasteiger partial charge < -0.3 is 35.8 Å². The van der Waals surface area contributed by atoms with Crippen molar-refractivity contribution in [3.8, 4) is 34.1 Å². The number of halogens is 2. The van der Waals surface area contributed by atoms with Crippen LogP contribution in [0, 0.1) is 5.82 Å². The molecule has 1 aromatic carbocycles. The normalized spacial score (nSPS) is 14.1. The molecule has 1 fully saturated rings. The van der Waals surface area contributed by atoms with Crippen molar-refractivity contribution >= 4 is 29.1 Å². The fraction of sp³-hybridized carbons (Fsp3) is 0.303. The Morgan fingerprint density at radius 2 is 1.91 bits per heavy atom. The molecule has 14 heteroatoms. The van der Waals surface area contributed by atoms with Crippen molar-refractivity contribution in [3.05, 3.63) is 82.5 Å². The number of nitrogens with zero attached hydrogens (tertiary/aromatic N) is 3. The van der Waals surface area contributed by atoms with Crippen LogP contribution in [0.3, 0.4) is 0 Å². The highest BCUT2D eigenvalue weighted by Crippen LogP contribution is 2.37. The molecule has 0 radical (unpaired) electrons. The van der Waals surface area contributed by atoms with Gasteiger partial charge in [-0.25, -0.2) is 9.37 Å². The molecular formula is C33H35ClFN7O5. The summed E-state index contributed by atoms with van der Waals surface area (Å²) in [7, 11) is 3.00. The zero-order valence-electron chi connectivity index (χ0n) is 25.9. The number of anilines is 1. The standard InChI is InChI=1S/C33H35ClFN7O5/c1-46-27-14-26(39-17-20(27)16-36-12-13-43)32(45)41-25-5-3-4-23(30(25)35)31-29(34)22(10-11-38-31)24-8-6-19(33(42-24)47-2)15-37-18-21-7-9-28(44)40-21/h3-6,8,10-11,14,17,21,36-37,43H,7,9,12-13,15-16,18H2,1-2H3,(H,40,44)(H,41,45)/t21-/m0/s1. The maximum absolute atomic E-state index is 15.9. The number of rotatable bonds is 14. The molecule has 1 atom stereocenters. The van der Waals surface area contributed by atoms with Crippen LogP contribution in [0.2, 0.25) is 5.02 Å². The predicted octanol–water partition coefficient (Wildman–Crippen LogP) is 3.72. The number of methoxy groups -OCH3 is 2. The Labute approximate surface area is 276 Å². The Hall–Kier alpha value is -4.69. The van der Waals surface area contributed by atoms with Crippen LogP contribution < -0.4 is 30.7 Å². The van der Waals surface area contributed by atoms with Gasteiger partial charge in [0, 0.05) is 79.4 Å². The quantitative estimate of drug-likeness (QED) is 0.126. The molecule has 0 unspecified atom stereocenters. The topological polar surface area (TPSA) is 160 Å². The molecular weight excluding hydrogens is 629 g/mol. The van der Waals surface area contributed by atoms with Gasteiger partial charge in [0.05, 0.1) is 42.9 Å². The molecule has 5 rings (SSSR count). The van der Waals surface area contributed by atoms with Crippen molar-refractivity contribution in [1.29, 1.82) is 0 Å². The maximum Gasteiger partial charge on any atom is 0.274 e. The summed E-state index contributed by atoms with van der Waals surface area (Å²) in [6.07, 6.45) is 4.33. The Morgan fingerprint density at radius 3 is 2.66 bits per heavy atom. The van der Waals surface area contributed by atoms with E-state index >= 15 is 4.39 Å². The number of aliphatic hydroxyl groups is 1. The number of aromatic nitrogens is 3. The number of hydrogen-bond acceptors (Lipinski definition) is 10. The first-order valence-corrected chi connectivity index (χ1v) is 15.3. The highest BCUT2D eigenvalue weighted by Gasteiger charge is 2.22. The average Bonchev–Trinajstić information content (AvgIpc) is 3.50. The van der Waals surface area contributed by atoms with Crippen molar-refractivity contribution in [2.24, 2.45) is 0 Å². The van der Waals surface area contributed by atoms with Crippen LogP contribution >= 0.6 is 11.6 Å². The SMILES string of the molecule is COc1cc(C(=O)Nc2cccc(-c3nccc(-c4ccc(CNC[C@@H]5CCC(=O)N5)c(OC)n4)c3Cl)c2F)ncc1CNCCO. The lowest BCUT2D eigenvalue weighted by Crippen LogP contribution is -2.35. The second-order valence-electron chi connectivity index (χ2n) is 10.7. The fourth-order valence-electron chi connectivity index (χ4n) is 5.18. The van der Waals surface area contributed by atoms with Crippen molar-refractivity contribution in [1.82, 2.24) is 30.9 Å². The van der Waals surface area contributed by atoms with E-state index in [1.54, 1.807) is 18.2 Å². The minimum atomic E-state index is -0.727. The van der Waals surface area contributed by atoms with Gasteiger partial charge in [-0.15, -0.1) is 0 Å². The first kappa shape index (κ1) is 33.7. The molecule has 5 N–H and O–H groups in total. The molecule has 0 spiro atoms. The molecule has 2 amide bonds. The number of ether oxygens (including phenoxy) is 2. The first-order valence-electron chi connectivity index (χ1n) is 15.0. The molecule has 0 saturated carbocycles. The number of benzene rings is 1. The Morgan fingerprint density at radius 1 is 1.09 bits per heavy atom. The van der Waals surface area contributed by atoms with E-state index in [2.05, 4.69) is 36.2 Å². The zero-order valence-corrected chi connectivity index (χ0v) is 26.7. The summed E-state index contributed by atoms with van der Waals surface area (Å²) in [4.78, 5) is 37.7. The molecule has 1 saturated heterocycles. The highest BCUT2D eigenvalue weighted by atomic mass is 35.5. The number of hydrogen-bond donors (Lipinski definition) is 5. The van der Waals surface area contributed by atoms with Gasteiger partial charge in [-0.1, -0.05) is 23.7 Å². The van der Waals surface area contributed by atoms with E-state index in [0.29, 0.717) is 61.1 Å². The lowest BCUT2D eigenvalue weighted by Gasteiger charge is -2.15.